The van der Waals surface area contributed by atoms with E-state index in [1.165, 1.54) is 0 Å². The normalized spacial score (nSPS) is 14.0. The minimum atomic E-state index is -0.00352. The number of hydrogen-bond donors (Lipinski definition) is 0. The zero-order chi connectivity index (χ0) is 21.7. The van der Waals surface area contributed by atoms with Crippen LogP contribution >= 0.6 is 0 Å². The highest BCUT2D eigenvalue weighted by Gasteiger charge is 2.19. The molecule has 0 aliphatic carbocycles. The maximum absolute atomic E-state index is 11.5. The van der Waals surface area contributed by atoms with Crippen LogP contribution in [-0.2, 0) is 11.2 Å². The molecule has 0 radical (unpaired) electrons. The molecule has 160 valence electrons. The molecule has 0 spiro atoms. The number of piperidine rings is 1. The molecular formula is C24H30N2O4. The molecule has 30 heavy (non-hydrogen) atoms. The van der Waals surface area contributed by atoms with E-state index in [1.807, 2.05) is 32.0 Å². The number of likely N-dealkylation sites (tertiary alicyclic amines) is 1. The number of allylic oxidation sites excluding steroid dienone is 1. The molecule has 3 rings (SSSR count). The van der Waals surface area contributed by atoms with E-state index in [0.717, 1.165) is 35.6 Å². The summed E-state index contributed by atoms with van der Waals surface area (Å²) in [4.78, 5) is 18.2. The van der Waals surface area contributed by atoms with E-state index in [9.17, 15) is 4.79 Å². The fourth-order valence-electron chi connectivity index (χ4n) is 3.54. The molecular weight excluding hydrogens is 380 g/mol. The average molecular weight is 411 g/mol. The fraction of sp³-hybridized carbons (Fsp3) is 0.417. The summed E-state index contributed by atoms with van der Waals surface area (Å²) in [6.45, 7) is 9.66. The van der Waals surface area contributed by atoms with Crippen LogP contribution in [0.15, 0.2) is 42.7 Å². The predicted molar refractivity (Wildman–Crippen MR) is 117 cm³/mol. The van der Waals surface area contributed by atoms with Gasteiger partial charge in [0.25, 0.3) is 0 Å². The van der Waals surface area contributed by atoms with Crippen LogP contribution in [0.25, 0.3) is 11.3 Å². The van der Waals surface area contributed by atoms with Crippen LogP contribution < -0.4 is 14.2 Å². The van der Waals surface area contributed by atoms with Crippen LogP contribution in [0, 0.1) is 0 Å². The number of benzene rings is 1. The number of carbonyl (C=O) groups excluding carboxylic acids is 1. The van der Waals surface area contributed by atoms with Gasteiger partial charge in [0.1, 0.15) is 5.78 Å². The van der Waals surface area contributed by atoms with Crippen molar-refractivity contribution in [2.45, 2.75) is 39.2 Å². The summed E-state index contributed by atoms with van der Waals surface area (Å²) in [7, 11) is 3.23. The van der Waals surface area contributed by atoms with Gasteiger partial charge in [-0.15, -0.1) is 0 Å². The maximum atomic E-state index is 11.5. The number of hydrogen-bond acceptors (Lipinski definition) is 6. The maximum Gasteiger partial charge on any atom is 0.203 e. The van der Waals surface area contributed by atoms with Gasteiger partial charge in [0.15, 0.2) is 11.5 Å². The van der Waals surface area contributed by atoms with Gasteiger partial charge in [-0.1, -0.05) is 6.58 Å². The molecule has 1 aromatic carbocycles. The van der Waals surface area contributed by atoms with Crippen LogP contribution in [-0.4, -0.2) is 49.1 Å². The highest BCUT2D eigenvalue weighted by Crippen LogP contribution is 2.41. The summed E-state index contributed by atoms with van der Waals surface area (Å²) >= 11 is 0. The Kier molecular flexibility index (Phi) is 6.98. The average Bonchev–Trinajstić information content (AvgIpc) is 2.74. The minimum Gasteiger partial charge on any atom is -0.493 e. The molecule has 0 saturated carbocycles. The fourth-order valence-corrected chi connectivity index (χ4v) is 3.54. The number of ketones is 1. The molecule has 1 aliphatic rings. The Bertz CT molecular complexity index is 888. The van der Waals surface area contributed by atoms with Crippen molar-refractivity contribution in [2.24, 2.45) is 0 Å². The van der Waals surface area contributed by atoms with Crippen molar-refractivity contribution >= 4 is 5.78 Å². The second kappa shape index (κ2) is 9.65. The molecule has 6 heteroatoms. The van der Waals surface area contributed by atoms with Crippen molar-refractivity contribution in [1.29, 1.82) is 0 Å². The van der Waals surface area contributed by atoms with Crippen molar-refractivity contribution in [3.8, 4) is 28.5 Å². The van der Waals surface area contributed by atoms with Crippen LogP contribution in [0.3, 0.4) is 0 Å². The predicted octanol–water partition coefficient (Wildman–Crippen LogP) is 4.27. The molecule has 6 nitrogen and oxygen atoms in total. The van der Waals surface area contributed by atoms with Crippen molar-refractivity contribution in [3.63, 3.8) is 0 Å². The third-order valence-electron chi connectivity index (χ3n) is 5.11. The highest BCUT2D eigenvalue weighted by molar-refractivity contribution is 5.79. The molecule has 0 amide bonds. The van der Waals surface area contributed by atoms with Gasteiger partial charge in [-0.2, -0.15) is 0 Å². The zero-order valence-corrected chi connectivity index (χ0v) is 18.2. The first kappa shape index (κ1) is 21.7. The molecule has 1 aliphatic heterocycles. The van der Waals surface area contributed by atoms with Gasteiger partial charge in [0.05, 0.1) is 26.0 Å². The first-order valence-electron chi connectivity index (χ1n) is 10.2. The van der Waals surface area contributed by atoms with Crippen molar-refractivity contribution in [1.82, 2.24) is 9.88 Å². The number of Topliss-reactive ketones (excluding diaryl/α,β-unsaturated/α-hetero) is 1. The Morgan fingerprint density at radius 2 is 1.77 bits per heavy atom. The number of carbonyl (C=O) groups is 1. The topological polar surface area (TPSA) is 60.9 Å². The van der Waals surface area contributed by atoms with Crippen LogP contribution in [0.1, 0.15) is 32.3 Å². The van der Waals surface area contributed by atoms with Crippen molar-refractivity contribution in [3.05, 3.63) is 48.3 Å². The Morgan fingerprint density at radius 1 is 1.13 bits per heavy atom. The number of nitrogens with zero attached hydrogens (tertiary/aromatic N) is 2. The lowest BCUT2D eigenvalue weighted by Gasteiger charge is -2.30. The van der Waals surface area contributed by atoms with Gasteiger partial charge < -0.3 is 19.1 Å². The largest absolute Gasteiger partial charge is 0.493 e. The lowest BCUT2D eigenvalue weighted by Crippen LogP contribution is -2.33. The molecule has 2 heterocycles. The molecule has 0 bridgehead atoms. The Labute approximate surface area is 178 Å². The summed E-state index contributed by atoms with van der Waals surface area (Å²) in [5.74, 6) is 2.13. The summed E-state index contributed by atoms with van der Waals surface area (Å²) < 4.78 is 17.0. The molecule has 1 fully saturated rings. The third kappa shape index (κ3) is 5.12. The molecule has 0 atom stereocenters. The van der Waals surface area contributed by atoms with Crippen LogP contribution in [0.2, 0.25) is 0 Å². The van der Waals surface area contributed by atoms with E-state index in [0.29, 0.717) is 42.3 Å². The molecule has 0 N–H and O–H groups in total. The molecule has 0 unspecified atom stereocenters. The van der Waals surface area contributed by atoms with E-state index >= 15 is 0 Å². The highest BCUT2D eigenvalue weighted by atomic mass is 16.5. The summed E-state index contributed by atoms with van der Waals surface area (Å²) in [5, 5.41) is 0. The summed E-state index contributed by atoms with van der Waals surface area (Å²) in [6.07, 6.45) is 3.72. The van der Waals surface area contributed by atoms with Gasteiger partial charge in [0, 0.05) is 49.8 Å². The zero-order valence-electron chi connectivity index (χ0n) is 18.2. The Balaban J connectivity index is 1.84. The van der Waals surface area contributed by atoms with E-state index in [4.69, 9.17) is 14.2 Å². The lowest BCUT2D eigenvalue weighted by molar-refractivity contribution is -0.121. The lowest BCUT2D eigenvalue weighted by atomic mass is 10.0. The van der Waals surface area contributed by atoms with E-state index in [1.54, 1.807) is 20.4 Å². The number of aromatic nitrogens is 1. The minimum absolute atomic E-state index is 0.00352. The van der Waals surface area contributed by atoms with Gasteiger partial charge in [-0.25, -0.2) is 0 Å². The number of pyridine rings is 1. The van der Waals surface area contributed by atoms with Gasteiger partial charge in [-0.3, -0.25) is 9.78 Å². The molecule has 2 aromatic rings. The summed E-state index contributed by atoms with van der Waals surface area (Å²) in [6, 6.07) is 7.88. The van der Waals surface area contributed by atoms with Crippen LogP contribution in [0.5, 0.6) is 17.2 Å². The van der Waals surface area contributed by atoms with Crippen LogP contribution in [0.4, 0.5) is 0 Å². The SMILES string of the molecule is C=C(Cc1ccnc(-c2cc(OC)c(OC(C)C)c(OC)c2)c1)N1CCC(=O)CC1. The van der Waals surface area contributed by atoms with Gasteiger partial charge in [0.2, 0.25) is 5.75 Å². The summed E-state index contributed by atoms with van der Waals surface area (Å²) in [5.41, 5.74) is 3.84. The van der Waals surface area contributed by atoms with E-state index in [2.05, 4.69) is 22.5 Å². The monoisotopic (exact) mass is 410 g/mol. The number of methoxy groups -OCH3 is 2. The Morgan fingerprint density at radius 3 is 2.33 bits per heavy atom. The second-order valence-electron chi connectivity index (χ2n) is 7.69. The number of ether oxygens (including phenoxy) is 3. The third-order valence-corrected chi connectivity index (χ3v) is 5.11. The van der Waals surface area contributed by atoms with E-state index < -0.39 is 0 Å². The first-order valence-corrected chi connectivity index (χ1v) is 10.2. The Hall–Kier alpha value is -3.02. The van der Waals surface area contributed by atoms with E-state index in [-0.39, 0.29) is 6.10 Å². The van der Waals surface area contributed by atoms with Crippen molar-refractivity contribution in [2.75, 3.05) is 27.3 Å². The van der Waals surface area contributed by atoms with Gasteiger partial charge >= 0.3 is 0 Å². The molecule has 1 aromatic heterocycles. The number of rotatable bonds is 8. The second-order valence-corrected chi connectivity index (χ2v) is 7.69. The standard InChI is InChI=1S/C24H30N2O4/c1-16(2)30-24-22(28-4)14-19(15-23(24)29-5)21-13-18(6-9-25-21)12-17(3)26-10-7-20(27)8-11-26/h6,9,13-16H,3,7-8,10-12H2,1-2,4-5H3. The smallest absolute Gasteiger partial charge is 0.203 e. The van der Waals surface area contributed by atoms with Gasteiger partial charge in [-0.05, 0) is 43.7 Å². The molecule has 1 saturated heterocycles. The van der Waals surface area contributed by atoms with Crippen molar-refractivity contribution < 1.29 is 19.0 Å². The first-order chi connectivity index (χ1) is 14.4. The quantitative estimate of drug-likeness (QED) is 0.648.